The number of benzene rings is 1. The quantitative estimate of drug-likeness (QED) is 0.716. The summed E-state index contributed by atoms with van der Waals surface area (Å²) < 4.78 is 27.5. The number of carbonyl (C=O) groups excluding carboxylic acids is 1. The second kappa shape index (κ2) is 10.4. The highest BCUT2D eigenvalue weighted by molar-refractivity contribution is 7.89. The van der Waals surface area contributed by atoms with Gasteiger partial charge in [-0.1, -0.05) is 24.6 Å². The second-order valence-electron chi connectivity index (χ2n) is 7.25. The number of hydrogen-bond acceptors (Lipinski definition) is 4. The summed E-state index contributed by atoms with van der Waals surface area (Å²) in [7, 11) is -3.49. The van der Waals surface area contributed by atoms with Crippen LogP contribution in [0.2, 0.25) is 0 Å². The van der Waals surface area contributed by atoms with E-state index in [9.17, 15) is 13.2 Å². The first-order valence-electron chi connectivity index (χ1n) is 9.63. The SMILES string of the molecule is Cl.O=C(CCC1CCNC1)NCc1ccccc1S(=O)(=O)N1CCCCC1. The highest BCUT2D eigenvalue weighted by Gasteiger charge is 2.27. The molecule has 0 bridgehead atoms. The van der Waals surface area contributed by atoms with Gasteiger partial charge in [0.15, 0.2) is 0 Å². The van der Waals surface area contributed by atoms with Gasteiger partial charge in [-0.05, 0) is 56.3 Å². The molecule has 152 valence electrons. The van der Waals surface area contributed by atoms with Crippen molar-refractivity contribution in [2.75, 3.05) is 26.2 Å². The van der Waals surface area contributed by atoms with Crippen molar-refractivity contribution in [2.24, 2.45) is 5.92 Å². The predicted molar refractivity (Wildman–Crippen MR) is 108 cm³/mol. The Kier molecular flexibility index (Phi) is 8.54. The summed E-state index contributed by atoms with van der Waals surface area (Å²) in [6.07, 6.45) is 5.41. The number of carbonyl (C=O) groups is 1. The van der Waals surface area contributed by atoms with E-state index in [1.807, 2.05) is 6.07 Å². The summed E-state index contributed by atoms with van der Waals surface area (Å²) in [6, 6.07) is 7.00. The third-order valence-corrected chi connectivity index (χ3v) is 7.32. The lowest BCUT2D eigenvalue weighted by Gasteiger charge is -2.26. The zero-order valence-corrected chi connectivity index (χ0v) is 17.3. The molecule has 1 unspecified atom stereocenters. The molecule has 0 aromatic heterocycles. The van der Waals surface area contributed by atoms with Crippen LogP contribution in [0, 0.1) is 5.92 Å². The molecule has 0 radical (unpaired) electrons. The number of amides is 1. The average molecular weight is 416 g/mol. The molecule has 2 saturated heterocycles. The second-order valence-corrected chi connectivity index (χ2v) is 9.15. The number of hydrogen-bond donors (Lipinski definition) is 2. The van der Waals surface area contributed by atoms with Crippen molar-refractivity contribution in [3.05, 3.63) is 29.8 Å². The van der Waals surface area contributed by atoms with Crippen LogP contribution in [0.3, 0.4) is 0 Å². The maximum absolute atomic E-state index is 13.0. The molecule has 1 aromatic carbocycles. The first-order valence-corrected chi connectivity index (χ1v) is 11.1. The molecular weight excluding hydrogens is 386 g/mol. The van der Waals surface area contributed by atoms with Gasteiger partial charge in [-0.25, -0.2) is 8.42 Å². The van der Waals surface area contributed by atoms with Gasteiger partial charge >= 0.3 is 0 Å². The maximum Gasteiger partial charge on any atom is 0.243 e. The Morgan fingerprint density at radius 2 is 1.93 bits per heavy atom. The highest BCUT2D eigenvalue weighted by Crippen LogP contribution is 2.23. The predicted octanol–water partition coefficient (Wildman–Crippen LogP) is 2.29. The lowest BCUT2D eigenvalue weighted by molar-refractivity contribution is -0.121. The summed E-state index contributed by atoms with van der Waals surface area (Å²) in [5.74, 6) is 0.564. The molecule has 6 nitrogen and oxygen atoms in total. The Labute approximate surface area is 168 Å². The number of sulfonamides is 1. The van der Waals surface area contributed by atoms with Crippen LogP contribution in [-0.2, 0) is 21.4 Å². The van der Waals surface area contributed by atoms with E-state index < -0.39 is 10.0 Å². The molecule has 27 heavy (non-hydrogen) atoms. The number of nitrogens with zero attached hydrogens (tertiary/aromatic N) is 1. The molecule has 3 rings (SSSR count). The van der Waals surface area contributed by atoms with Crippen molar-refractivity contribution in [2.45, 2.75) is 50.0 Å². The minimum Gasteiger partial charge on any atom is -0.352 e. The summed E-state index contributed by atoms with van der Waals surface area (Å²) in [5.41, 5.74) is 0.661. The van der Waals surface area contributed by atoms with Gasteiger partial charge in [0.05, 0.1) is 4.90 Å². The van der Waals surface area contributed by atoms with E-state index in [0.29, 0.717) is 35.9 Å². The Balaban J connectivity index is 0.00000261. The smallest absolute Gasteiger partial charge is 0.243 e. The molecule has 2 fully saturated rings. The molecule has 2 heterocycles. The van der Waals surface area contributed by atoms with Crippen molar-refractivity contribution in [1.82, 2.24) is 14.9 Å². The third kappa shape index (κ3) is 5.91. The van der Waals surface area contributed by atoms with E-state index >= 15 is 0 Å². The molecule has 1 amide bonds. The van der Waals surface area contributed by atoms with Gasteiger partial charge < -0.3 is 10.6 Å². The monoisotopic (exact) mass is 415 g/mol. The average Bonchev–Trinajstić information content (AvgIpc) is 3.19. The number of piperidine rings is 1. The van der Waals surface area contributed by atoms with Crippen molar-refractivity contribution < 1.29 is 13.2 Å². The van der Waals surface area contributed by atoms with E-state index in [1.54, 1.807) is 22.5 Å². The molecule has 1 aromatic rings. The minimum atomic E-state index is -3.49. The molecule has 2 aliphatic heterocycles. The summed E-state index contributed by atoms with van der Waals surface area (Å²) in [6.45, 7) is 3.44. The van der Waals surface area contributed by atoms with E-state index in [-0.39, 0.29) is 24.9 Å². The van der Waals surface area contributed by atoms with Crippen LogP contribution in [-0.4, -0.2) is 44.8 Å². The Morgan fingerprint density at radius 3 is 2.63 bits per heavy atom. The fraction of sp³-hybridized carbons (Fsp3) is 0.632. The molecular formula is C19H30ClN3O3S. The van der Waals surface area contributed by atoms with Gasteiger partial charge in [0.25, 0.3) is 0 Å². The summed E-state index contributed by atoms with van der Waals surface area (Å²) in [4.78, 5) is 12.5. The number of halogens is 1. The third-order valence-electron chi connectivity index (χ3n) is 5.32. The van der Waals surface area contributed by atoms with Crippen LogP contribution >= 0.6 is 12.4 Å². The summed E-state index contributed by atoms with van der Waals surface area (Å²) in [5, 5.41) is 6.20. The van der Waals surface area contributed by atoms with Gasteiger partial charge in [-0.2, -0.15) is 4.31 Å². The van der Waals surface area contributed by atoms with E-state index in [4.69, 9.17) is 0 Å². The standard InChI is InChI=1S/C19H29N3O3S.ClH/c23-19(9-8-16-10-11-20-14-16)21-15-17-6-2-3-7-18(17)26(24,25)22-12-4-1-5-13-22;/h2-3,6-7,16,20H,1,4-5,8-15H2,(H,21,23);1H. The first kappa shape index (κ1) is 22.1. The molecule has 0 saturated carbocycles. The Morgan fingerprint density at radius 1 is 1.19 bits per heavy atom. The van der Waals surface area contributed by atoms with E-state index in [2.05, 4.69) is 10.6 Å². The Bertz CT molecular complexity index is 715. The van der Waals surface area contributed by atoms with Gasteiger partial charge in [0.2, 0.25) is 15.9 Å². The molecule has 0 spiro atoms. The zero-order valence-electron chi connectivity index (χ0n) is 15.7. The molecule has 2 aliphatic rings. The topological polar surface area (TPSA) is 78.5 Å². The van der Waals surface area contributed by atoms with Gasteiger partial charge in [0.1, 0.15) is 0 Å². The highest BCUT2D eigenvalue weighted by atomic mass is 35.5. The lowest BCUT2D eigenvalue weighted by Crippen LogP contribution is -2.36. The van der Waals surface area contributed by atoms with Crippen LogP contribution < -0.4 is 10.6 Å². The van der Waals surface area contributed by atoms with Crippen LogP contribution in [0.1, 0.15) is 44.1 Å². The fourth-order valence-corrected chi connectivity index (χ4v) is 5.46. The van der Waals surface area contributed by atoms with Crippen LogP contribution in [0.15, 0.2) is 29.2 Å². The van der Waals surface area contributed by atoms with Crippen molar-refractivity contribution in [1.29, 1.82) is 0 Å². The normalized spacial score (nSPS) is 20.8. The maximum atomic E-state index is 13.0. The Hall–Kier alpha value is -1.15. The van der Waals surface area contributed by atoms with E-state index in [0.717, 1.165) is 45.2 Å². The minimum absolute atomic E-state index is 0. The van der Waals surface area contributed by atoms with Crippen LogP contribution in [0.25, 0.3) is 0 Å². The zero-order chi connectivity index (χ0) is 18.4. The molecule has 0 aliphatic carbocycles. The van der Waals surface area contributed by atoms with Crippen molar-refractivity contribution in [3.63, 3.8) is 0 Å². The molecule has 1 atom stereocenters. The van der Waals surface area contributed by atoms with Crippen LogP contribution in [0.5, 0.6) is 0 Å². The fourth-order valence-electron chi connectivity index (χ4n) is 3.72. The van der Waals surface area contributed by atoms with Gasteiger partial charge in [0, 0.05) is 26.1 Å². The van der Waals surface area contributed by atoms with Crippen molar-refractivity contribution >= 4 is 28.3 Å². The number of nitrogens with one attached hydrogen (secondary N) is 2. The molecule has 2 N–H and O–H groups in total. The molecule has 8 heteroatoms. The number of rotatable bonds is 7. The summed E-state index contributed by atoms with van der Waals surface area (Å²) >= 11 is 0. The van der Waals surface area contributed by atoms with Crippen molar-refractivity contribution in [3.8, 4) is 0 Å². The van der Waals surface area contributed by atoms with Gasteiger partial charge in [-0.15, -0.1) is 12.4 Å². The van der Waals surface area contributed by atoms with Gasteiger partial charge in [-0.3, -0.25) is 4.79 Å². The largest absolute Gasteiger partial charge is 0.352 e. The first-order chi connectivity index (χ1) is 12.6. The van der Waals surface area contributed by atoms with Crippen LogP contribution in [0.4, 0.5) is 0 Å². The lowest BCUT2D eigenvalue weighted by atomic mass is 10.0. The van der Waals surface area contributed by atoms with E-state index in [1.165, 1.54) is 0 Å².